The lowest BCUT2D eigenvalue weighted by Gasteiger charge is -2.32. The Bertz CT molecular complexity index is 363. The second-order valence-corrected chi connectivity index (χ2v) is 5.25. The topological polar surface area (TPSA) is 29.5 Å². The average Bonchev–Trinajstić information content (AvgIpc) is 2.16. The van der Waals surface area contributed by atoms with E-state index in [2.05, 4.69) is 29.8 Å². The summed E-state index contributed by atoms with van der Waals surface area (Å²) in [5.74, 6) is 1.23. The van der Waals surface area contributed by atoms with Crippen molar-refractivity contribution in [3.63, 3.8) is 0 Å². The predicted molar refractivity (Wildman–Crippen MR) is 63.0 cm³/mol. The molecule has 1 aromatic carbocycles. The molecule has 1 N–H and O–H groups in total. The molecular weight excluding hydrogens is 256 g/mol. The Labute approximate surface area is 98.4 Å². The zero-order chi connectivity index (χ0) is 11.0. The summed E-state index contributed by atoms with van der Waals surface area (Å²) in [6.45, 7) is 4.22. The van der Waals surface area contributed by atoms with Crippen LogP contribution in [-0.2, 0) is 0 Å². The van der Waals surface area contributed by atoms with E-state index in [9.17, 15) is 5.11 Å². The number of rotatable bonds is 1. The smallest absolute Gasteiger partial charge is 0.126 e. The standard InChI is InChI=1S/C12H15BrO2/c1-7(2)11-6-10(14)9-4-3-8(13)5-12(9)15-11/h3-5,7,10-11,14H,6H2,1-2H3/t10-,11?/m0/s1. The fourth-order valence-corrected chi connectivity index (χ4v) is 2.19. The minimum Gasteiger partial charge on any atom is -0.490 e. The number of aliphatic hydroxyl groups is 1. The third kappa shape index (κ3) is 2.18. The maximum Gasteiger partial charge on any atom is 0.126 e. The maximum atomic E-state index is 9.98. The number of hydrogen-bond acceptors (Lipinski definition) is 2. The molecule has 0 radical (unpaired) electrons. The van der Waals surface area contributed by atoms with Crippen LogP contribution in [0.5, 0.6) is 5.75 Å². The van der Waals surface area contributed by atoms with Crippen molar-refractivity contribution in [2.45, 2.75) is 32.5 Å². The monoisotopic (exact) mass is 270 g/mol. The first-order valence-electron chi connectivity index (χ1n) is 5.22. The summed E-state index contributed by atoms with van der Waals surface area (Å²) >= 11 is 3.41. The van der Waals surface area contributed by atoms with Crippen LogP contribution in [0.1, 0.15) is 31.9 Å². The van der Waals surface area contributed by atoms with Crippen molar-refractivity contribution in [1.29, 1.82) is 0 Å². The van der Waals surface area contributed by atoms with Crippen molar-refractivity contribution in [3.05, 3.63) is 28.2 Å². The first-order valence-corrected chi connectivity index (χ1v) is 6.01. The van der Waals surface area contributed by atoms with Crippen LogP contribution in [0.2, 0.25) is 0 Å². The summed E-state index contributed by atoms with van der Waals surface area (Å²) in [7, 11) is 0. The Kier molecular flexibility index (Phi) is 3.03. The lowest BCUT2D eigenvalue weighted by atomic mass is 9.93. The Morgan fingerprint density at radius 3 is 2.87 bits per heavy atom. The van der Waals surface area contributed by atoms with E-state index in [1.54, 1.807) is 0 Å². The zero-order valence-corrected chi connectivity index (χ0v) is 10.5. The first kappa shape index (κ1) is 11.0. The molecule has 0 bridgehead atoms. The average molecular weight is 271 g/mol. The van der Waals surface area contributed by atoms with Gasteiger partial charge in [-0.3, -0.25) is 0 Å². The second kappa shape index (κ2) is 4.14. The SMILES string of the molecule is CC(C)C1C[C@H](O)c2ccc(Br)cc2O1. The molecule has 2 rings (SSSR count). The van der Waals surface area contributed by atoms with Gasteiger partial charge in [0.2, 0.25) is 0 Å². The lowest BCUT2D eigenvalue weighted by molar-refractivity contribution is 0.0426. The summed E-state index contributed by atoms with van der Waals surface area (Å²) in [5.41, 5.74) is 0.898. The van der Waals surface area contributed by atoms with Crippen molar-refractivity contribution < 1.29 is 9.84 Å². The molecule has 0 fully saturated rings. The van der Waals surface area contributed by atoms with Crippen LogP contribution in [0, 0.1) is 5.92 Å². The van der Waals surface area contributed by atoms with Crippen molar-refractivity contribution in [1.82, 2.24) is 0 Å². The number of fused-ring (bicyclic) bond motifs is 1. The molecule has 2 nitrogen and oxygen atoms in total. The number of halogens is 1. The van der Waals surface area contributed by atoms with Gasteiger partial charge in [0.25, 0.3) is 0 Å². The van der Waals surface area contributed by atoms with E-state index in [0.717, 1.165) is 15.8 Å². The zero-order valence-electron chi connectivity index (χ0n) is 8.90. The van der Waals surface area contributed by atoms with Crippen molar-refractivity contribution >= 4 is 15.9 Å². The molecule has 1 heterocycles. The van der Waals surface area contributed by atoms with Crippen LogP contribution in [0.25, 0.3) is 0 Å². The summed E-state index contributed by atoms with van der Waals surface area (Å²) < 4.78 is 6.84. The van der Waals surface area contributed by atoms with Gasteiger partial charge in [-0.25, -0.2) is 0 Å². The Morgan fingerprint density at radius 2 is 2.20 bits per heavy atom. The van der Waals surface area contributed by atoms with E-state index >= 15 is 0 Å². The molecule has 15 heavy (non-hydrogen) atoms. The van der Waals surface area contributed by atoms with Crippen molar-refractivity contribution in [3.8, 4) is 5.75 Å². The molecule has 1 unspecified atom stereocenters. The second-order valence-electron chi connectivity index (χ2n) is 4.33. The molecule has 0 aromatic heterocycles. The summed E-state index contributed by atoms with van der Waals surface area (Å²) in [6.07, 6.45) is 0.405. The summed E-state index contributed by atoms with van der Waals surface area (Å²) in [5, 5.41) is 9.98. The van der Waals surface area contributed by atoms with Crippen LogP contribution in [-0.4, -0.2) is 11.2 Å². The van der Waals surface area contributed by atoms with E-state index in [-0.39, 0.29) is 6.10 Å². The predicted octanol–water partition coefficient (Wildman–Crippen LogP) is 3.29. The molecule has 2 atom stereocenters. The van der Waals surface area contributed by atoms with Gasteiger partial charge in [-0.15, -0.1) is 0 Å². The maximum absolute atomic E-state index is 9.98. The number of hydrogen-bond donors (Lipinski definition) is 1. The molecular formula is C12H15BrO2. The lowest BCUT2D eigenvalue weighted by Crippen LogP contribution is -2.30. The van der Waals surface area contributed by atoms with Crippen LogP contribution in [0.15, 0.2) is 22.7 Å². The highest BCUT2D eigenvalue weighted by Crippen LogP contribution is 2.38. The van der Waals surface area contributed by atoms with Gasteiger partial charge < -0.3 is 9.84 Å². The van der Waals surface area contributed by atoms with Gasteiger partial charge in [0, 0.05) is 16.5 Å². The van der Waals surface area contributed by atoms with Gasteiger partial charge in [-0.1, -0.05) is 35.8 Å². The van der Waals surface area contributed by atoms with Crippen LogP contribution >= 0.6 is 15.9 Å². The van der Waals surface area contributed by atoms with Gasteiger partial charge in [-0.2, -0.15) is 0 Å². The van der Waals surface area contributed by atoms with E-state index in [1.807, 2.05) is 18.2 Å². The molecule has 0 amide bonds. The Hall–Kier alpha value is -0.540. The Balaban J connectivity index is 2.33. The molecule has 82 valence electrons. The highest BCUT2D eigenvalue weighted by molar-refractivity contribution is 9.10. The van der Waals surface area contributed by atoms with Crippen LogP contribution < -0.4 is 4.74 Å². The quantitative estimate of drug-likeness (QED) is 0.849. The number of ether oxygens (including phenoxy) is 1. The van der Waals surface area contributed by atoms with Crippen molar-refractivity contribution in [2.75, 3.05) is 0 Å². The molecule has 1 aliphatic rings. The highest BCUT2D eigenvalue weighted by atomic mass is 79.9. The first-order chi connectivity index (χ1) is 7.08. The third-order valence-electron chi connectivity index (χ3n) is 2.81. The molecule has 1 aromatic rings. The fraction of sp³-hybridized carbons (Fsp3) is 0.500. The fourth-order valence-electron chi connectivity index (χ4n) is 1.85. The van der Waals surface area contributed by atoms with Gasteiger partial charge in [0.1, 0.15) is 11.9 Å². The number of aliphatic hydroxyl groups excluding tert-OH is 1. The molecule has 0 spiro atoms. The van der Waals surface area contributed by atoms with E-state index in [0.29, 0.717) is 12.3 Å². The van der Waals surface area contributed by atoms with Gasteiger partial charge in [-0.05, 0) is 18.1 Å². The number of benzene rings is 1. The normalized spacial score (nSPS) is 24.9. The van der Waals surface area contributed by atoms with Crippen LogP contribution in [0.4, 0.5) is 0 Å². The summed E-state index contributed by atoms with van der Waals surface area (Å²) in [4.78, 5) is 0. The Morgan fingerprint density at radius 1 is 1.47 bits per heavy atom. The molecule has 1 aliphatic heterocycles. The van der Waals surface area contributed by atoms with Gasteiger partial charge in [0.05, 0.1) is 6.10 Å². The molecule has 0 saturated carbocycles. The van der Waals surface area contributed by atoms with E-state index < -0.39 is 6.10 Å². The van der Waals surface area contributed by atoms with E-state index in [1.165, 1.54) is 0 Å². The molecule has 3 heteroatoms. The molecule has 0 saturated heterocycles. The highest BCUT2D eigenvalue weighted by Gasteiger charge is 2.28. The van der Waals surface area contributed by atoms with Crippen molar-refractivity contribution in [2.24, 2.45) is 5.92 Å². The van der Waals surface area contributed by atoms with Gasteiger partial charge in [0.15, 0.2) is 0 Å². The largest absolute Gasteiger partial charge is 0.490 e. The van der Waals surface area contributed by atoms with Crippen LogP contribution in [0.3, 0.4) is 0 Å². The van der Waals surface area contributed by atoms with E-state index in [4.69, 9.17) is 4.74 Å². The summed E-state index contributed by atoms with van der Waals surface area (Å²) in [6, 6.07) is 5.77. The minimum atomic E-state index is -0.394. The van der Waals surface area contributed by atoms with Gasteiger partial charge >= 0.3 is 0 Å². The third-order valence-corrected chi connectivity index (χ3v) is 3.31. The minimum absolute atomic E-state index is 0.113. The molecule has 0 aliphatic carbocycles.